The van der Waals surface area contributed by atoms with Gasteiger partial charge in [0.05, 0.1) is 0 Å². The minimum Gasteiger partial charge on any atom is -0.484 e. The van der Waals surface area contributed by atoms with Crippen molar-refractivity contribution in [2.45, 2.75) is 39.3 Å². The van der Waals surface area contributed by atoms with Gasteiger partial charge >= 0.3 is 0 Å². The van der Waals surface area contributed by atoms with Crippen LogP contribution in [0.1, 0.15) is 37.8 Å². The predicted molar refractivity (Wildman–Crippen MR) is 107 cm³/mol. The summed E-state index contributed by atoms with van der Waals surface area (Å²) >= 11 is 0. The van der Waals surface area contributed by atoms with Crippen LogP contribution in [0.5, 0.6) is 5.75 Å². The summed E-state index contributed by atoms with van der Waals surface area (Å²) < 4.78 is 5.66. The van der Waals surface area contributed by atoms with Gasteiger partial charge in [-0.3, -0.25) is 9.59 Å². The highest BCUT2D eigenvalue weighted by molar-refractivity contribution is 5.87. The van der Waals surface area contributed by atoms with E-state index in [4.69, 9.17) is 4.74 Å². The molecule has 0 unspecified atom stereocenters. The molecular formula is C22H28N2O3. The highest BCUT2D eigenvalue weighted by Crippen LogP contribution is 2.19. The van der Waals surface area contributed by atoms with Gasteiger partial charge in [-0.25, -0.2) is 0 Å². The van der Waals surface area contributed by atoms with E-state index in [1.54, 1.807) is 14.0 Å². The van der Waals surface area contributed by atoms with Crippen molar-refractivity contribution in [1.29, 1.82) is 0 Å². The summed E-state index contributed by atoms with van der Waals surface area (Å²) in [6.07, 6.45) is 0. The molecule has 144 valence electrons. The Morgan fingerprint density at radius 3 is 2.19 bits per heavy atom. The molecule has 2 rings (SSSR count). The van der Waals surface area contributed by atoms with Crippen LogP contribution in [0.25, 0.3) is 0 Å². The Morgan fingerprint density at radius 1 is 1.00 bits per heavy atom. The number of amides is 2. The average molecular weight is 368 g/mol. The Balaban J connectivity index is 2.07. The van der Waals surface area contributed by atoms with Gasteiger partial charge in [0.2, 0.25) is 5.91 Å². The molecule has 5 heteroatoms. The first kappa shape index (κ1) is 20.5. The molecule has 0 aromatic heterocycles. The summed E-state index contributed by atoms with van der Waals surface area (Å²) in [5, 5.41) is 2.60. The number of nitrogens with one attached hydrogen (secondary N) is 1. The van der Waals surface area contributed by atoms with Crippen molar-refractivity contribution < 1.29 is 14.3 Å². The molecule has 1 atom stereocenters. The first-order valence-electron chi connectivity index (χ1n) is 9.20. The van der Waals surface area contributed by atoms with E-state index in [1.165, 1.54) is 10.5 Å². The number of hydrogen-bond acceptors (Lipinski definition) is 3. The van der Waals surface area contributed by atoms with Crippen molar-refractivity contribution in [1.82, 2.24) is 10.2 Å². The van der Waals surface area contributed by atoms with Crippen LogP contribution < -0.4 is 10.1 Å². The molecule has 2 aromatic carbocycles. The third kappa shape index (κ3) is 5.84. The van der Waals surface area contributed by atoms with Crippen molar-refractivity contribution in [2.75, 3.05) is 13.7 Å². The van der Waals surface area contributed by atoms with Gasteiger partial charge in [-0.15, -0.1) is 0 Å². The molecule has 27 heavy (non-hydrogen) atoms. The van der Waals surface area contributed by atoms with E-state index in [1.807, 2.05) is 54.6 Å². The van der Waals surface area contributed by atoms with Crippen LogP contribution >= 0.6 is 0 Å². The van der Waals surface area contributed by atoms with E-state index in [0.717, 1.165) is 5.56 Å². The Labute approximate surface area is 161 Å². The lowest BCUT2D eigenvalue weighted by Crippen LogP contribution is -2.48. The molecule has 0 aliphatic rings. The zero-order valence-corrected chi connectivity index (χ0v) is 16.4. The van der Waals surface area contributed by atoms with Gasteiger partial charge in [0.25, 0.3) is 5.91 Å². The topological polar surface area (TPSA) is 58.6 Å². The summed E-state index contributed by atoms with van der Waals surface area (Å²) in [4.78, 5) is 26.4. The lowest BCUT2D eigenvalue weighted by atomic mass is 10.0. The molecule has 0 fully saturated rings. The number of likely N-dealkylation sites (N-methyl/N-ethyl adjacent to an activating group) is 1. The van der Waals surface area contributed by atoms with Crippen molar-refractivity contribution in [2.24, 2.45) is 0 Å². The fourth-order valence-corrected chi connectivity index (χ4v) is 2.75. The molecule has 0 aliphatic carbocycles. The van der Waals surface area contributed by atoms with Gasteiger partial charge < -0.3 is 15.0 Å². The average Bonchev–Trinajstić information content (AvgIpc) is 2.70. The molecule has 0 bridgehead atoms. The lowest BCUT2D eigenvalue weighted by Gasteiger charge is -2.28. The SMILES string of the molecule is CNC(=O)[C@@H](C)N(Cc1ccccc1)C(=O)COc1ccc(C(C)C)cc1. The maximum absolute atomic E-state index is 12.8. The molecule has 0 saturated carbocycles. The van der Waals surface area contributed by atoms with Gasteiger partial charge in [0, 0.05) is 13.6 Å². The van der Waals surface area contributed by atoms with Crippen molar-refractivity contribution in [3.63, 3.8) is 0 Å². The monoisotopic (exact) mass is 368 g/mol. The summed E-state index contributed by atoms with van der Waals surface area (Å²) in [5.74, 6) is 0.638. The molecule has 0 saturated heterocycles. The van der Waals surface area contributed by atoms with Crippen LogP contribution in [0.3, 0.4) is 0 Å². The highest BCUT2D eigenvalue weighted by atomic mass is 16.5. The van der Waals surface area contributed by atoms with Crippen LogP contribution in [0, 0.1) is 0 Å². The Bertz CT molecular complexity index is 742. The van der Waals surface area contributed by atoms with E-state index in [2.05, 4.69) is 19.2 Å². The zero-order valence-electron chi connectivity index (χ0n) is 16.4. The number of nitrogens with zero attached hydrogens (tertiary/aromatic N) is 1. The zero-order chi connectivity index (χ0) is 19.8. The fraction of sp³-hybridized carbons (Fsp3) is 0.364. The summed E-state index contributed by atoms with van der Waals surface area (Å²) in [7, 11) is 1.57. The minimum absolute atomic E-state index is 0.116. The molecule has 0 radical (unpaired) electrons. The predicted octanol–water partition coefficient (Wildman–Crippen LogP) is 3.35. The summed E-state index contributed by atoms with van der Waals surface area (Å²) in [6, 6.07) is 16.8. The standard InChI is InChI=1S/C22H28N2O3/c1-16(2)19-10-12-20(13-11-19)27-15-21(25)24(17(3)22(26)23-4)14-18-8-6-5-7-9-18/h5-13,16-17H,14-15H2,1-4H3,(H,23,26)/t17-/m1/s1. The second kappa shape index (κ2) is 9.76. The maximum Gasteiger partial charge on any atom is 0.261 e. The third-order valence-corrected chi connectivity index (χ3v) is 4.52. The normalized spacial score (nSPS) is 11.7. The first-order valence-corrected chi connectivity index (χ1v) is 9.20. The Kier molecular flexibility index (Phi) is 7.41. The van der Waals surface area contributed by atoms with Crippen LogP contribution in [0.2, 0.25) is 0 Å². The van der Waals surface area contributed by atoms with Gasteiger partial charge in [0.1, 0.15) is 11.8 Å². The van der Waals surface area contributed by atoms with Crippen LogP contribution in [0.15, 0.2) is 54.6 Å². The van der Waals surface area contributed by atoms with E-state index in [-0.39, 0.29) is 18.4 Å². The second-order valence-corrected chi connectivity index (χ2v) is 6.81. The quantitative estimate of drug-likeness (QED) is 0.777. The molecule has 2 aromatic rings. The molecule has 0 heterocycles. The highest BCUT2D eigenvalue weighted by Gasteiger charge is 2.25. The van der Waals surface area contributed by atoms with Gasteiger partial charge in [0.15, 0.2) is 6.61 Å². The van der Waals surface area contributed by atoms with Crippen molar-refractivity contribution >= 4 is 11.8 Å². The Hall–Kier alpha value is -2.82. The van der Waals surface area contributed by atoms with E-state index in [0.29, 0.717) is 18.2 Å². The second-order valence-electron chi connectivity index (χ2n) is 6.81. The number of carbonyl (C=O) groups excluding carboxylic acids is 2. The summed E-state index contributed by atoms with van der Waals surface area (Å²) in [6.45, 7) is 6.21. The number of benzene rings is 2. The number of ether oxygens (including phenoxy) is 1. The fourth-order valence-electron chi connectivity index (χ4n) is 2.75. The van der Waals surface area contributed by atoms with Crippen molar-refractivity contribution in [3.05, 3.63) is 65.7 Å². The van der Waals surface area contributed by atoms with Gasteiger partial charge in [-0.1, -0.05) is 56.3 Å². The molecular weight excluding hydrogens is 340 g/mol. The molecule has 2 amide bonds. The van der Waals surface area contributed by atoms with Crippen molar-refractivity contribution in [3.8, 4) is 5.75 Å². The third-order valence-electron chi connectivity index (χ3n) is 4.52. The summed E-state index contributed by atoms with van der Waals surface area (Å²) in [5.41, 5.74) is 2.18. The molecule has 0 spiro atoms. The smallest absolute Gasteiger partial charge is 0.261 e. The van der Waals surface area contributed by atoms with Crippen LogP contribution in [0.4, 0.5) is 0 Å². The maximum atomic E-state index is 12.8. The van der Waals surface area contributed by atoms with Crippen LogP contribution in [-0.2, 0) is 16.1 Å². The van der Waals surface area contributed by atoms with E-state index in [9.17, 15) is 9.59 Å². The number of rotatable bonds is 8. The Morgan fingerprint density at radius 2 is 1.63 bits per heavy atom. The largest absolute Gasteiger partial charge is 0.484 e. The number of carbonyl (C=O) groups is 2. The van der Waals surface area contributed by atoms with E-state index >= 15 is 0 Å². The van der Waals surface area contributed by atoms with E-state index < -0.39 is 6.04 Å². The first-order chi connectivity index (χ1) is 12.9. The number of hydrogen-bond donors (Lipinski definition) is 1. The lowest BCUT2D eigenvalue weighted by molar-refractivity contribution is -0.142. The van der Waals surface area contributed by atoms with Crippen LogP contribution in [-0.4, -0.2) is 36.4 Å². The molecule has 1 N–H and O–H groups in total. The minimum atomic E-state index is -0.588. The van der Waals surface area contributed by atoms with Gasteiger partial charge in [-0.05, 0) is 36.1 Å². The molecule has 0 aliphatic heterocycles. The molecule has 5 nitrogen and oxygen atoms in total. The van der Waals surface area contributed by atoms with Gasteiger partial charge in [-0.2, -0.15) is 0 Å².